The number of amides is 4. The molecule has 27 heavy (non-hydrogen) atoms. The van der Waals surface area contributed by atoms with Crippen LogP contribution in [0.25, 0.3) is 0 Å². The van der Waals surface area contributed by atoms with E-state index in [1.807, 2.05) is 0 Å². The van der Waals surface area contributed by atoms with Gasteiger partial charge in [-0.2, -0.15) is 5.01 Å². The smallest absolute Gasteiger partial charge is 0.326 e. The zero-order valence-corrected chi connectivity index (χ0v) is 15.7. The molecule has 1 heterocycles. The topological polar surface area (TPSA) is 83.0 Å². The molecule has 1 unspecified atom stereocenters. The Labute approximate surface area is 157 Å². The summed E-state index contributed by atoms with van der Waals surface area (Å²) in [5, 5.41) is 3.58. The van der Waals surface area contributed by atoms with Crippen molar-refractivity contribution in [2.45, 2.75) is 44.7 Å². The zero-order chi connectivity index (χ0) is 19.6. The number of rotatable bonds is 5. The van der Waals surface area contributed by atoms with E-state index in [1.165, 1.54) is 12.1 Å². The second-order valence-corrected chi connectivity index (χ2v) is 7.81. The molecule has 1 spiro atoms. The normalized spacial score (nSPS) is 26.2. The minimum Gasteiger partial charge on any atom is -0.326 e. The first-order valence-electron chi connectivity index (χ1n) is 9.31. The van der Waals surface area contributed by atoms with Crippen LogP contribution in [0.1, 0.15) is 38.2 Å². The molecule has 0 aromatic heterocycles. The van der Waals surface area contributed by atoms with Gasteiger partial charge in [0.25, 0.3) is 11.8 Å². The lowest BCUT2D eigenvalue weighted by Gasteiger charge is -2.33. The van der Waals surface area contributed by atoms with E-state index < -0.39 is 17.5 Å². The van der Waals surface area contributed by atoms with Gasteiger partial charge in [-0.25, -0.2) is 9.18 Å². The molecule has 1 saturated carbocycles. The number of halogens is 1. The lowest BCUT2D eigenvalue weighted by atomic mass is 9.77. The van der Waals surface area contributed by atoms with Crippen molar-refractivity contribution < 1.29 is 23.7 Å². The Balaban J connectivity index is 1.56. The zero-order valence-electron chi connectivity index (χ0n) is 15.7. The van der Waals surface area contributed by atoms with Gasteiger partial charge in [-0.3, -0.25) is 15.0 Å². The van der Waals surface area contributed by atoms with Crippen LogP contribution in [0.2, 0.25) is 0 Å². The predicted octanol–water partition coefficient (Wildman–Crippen LogP) is 0.372. The first-order chi connectivity index (χ1) is 12.8. The van der Waals surface area contributed by atoms with E-state index >= 15 is 0 Å². The van der Waals surface area contributed by atoms with Crippen molar-refractivity contribution in [3.63, 3.8) is 0 Å². The van der Waals surface area contributed by atoms with Crippen molar-refractivity contribution in [1.29, 1.82) is 0 Å². The molecule has 8 heteroatoms. The van der Waals surface area contributed by atoms with Crippen LogP contribution in [0.3, 0.4) is 0 Å². The molecule has 2 fully saturated rings. The quantitative estimate of drug-likeness (QED) is 0.649. The van der Waals surface area contributed by atoms with Gasteiger partial charge >= 0.3 is 6.03 Å². The molecule has 3 N–H and O–H groups in total. The molecule has 1 aromatic carbocycles. The number of nitrogens with one attached hydrogen (secondary N) is 3. The maximum absolute atomic E-state index is 13.3. The monoisotopic (exact) mass is 377 g/mol. The number of quaternary nitrogens is 1. The van der Waals surface area contributed by atoms with Gasteiger partial charge in [0.1, 0.15) is 17.9 Å². The molecule has 4 amide bonds. The van der Waals surface area contributed by atoms with E-state index in [0.29, 0.717) is 25.3 Å². The molecule has 1 aromatic rings. The number of nitrogens with zero attached hydrogens (tertiary/aromatic N) is 1. The van der Waals surface area contributed by atoms with Gasteiger partial charge in [0, 0.05) is 5.56 Å². The number of urea groups is 1. The number of carbonyl (C=O) groups is 3. The van der Waals surface area contributed by atoms with E-state index in [1.54, 1.807) is 19.2 Å². The van der Waals surface area contributed by atoms with Gasteiger partial charge in [0.15, 0.2) is 6.54 Å². The summed E-state index contributed by atoms with van der Waals surface area (Å²) in [6.45, 7) is 2.63. The number of hydrazine groups is 1. The van der Waals surface area contributed by atoms with E-state index in [-0.39, 0.29) is 18.3 Å². The molecule has 0 radical (unpaired) electrons. The summed E-state index contributed by atoms with van der Waals surface area (Å²) in [7, 11) is 1.79. The van der Waals surface area contributed by atoms with Crippen molar-refractivity contribution in [2.75, 3.05) is 13.6 Å². The maximum Gasteiger partial charge on any atom is 0.344 e. The lowest BCUT2D eigenvalue weighted by molar-refractivity contribution is -0.885. The predicted molar refractivity (Wildman–Crippen MR) is 95.7 cm³/mol. The summed E-state index contributed by atoms with van der Waals surface area (Å²) in [5.41, 5.74) is 2.32. The van der Waals surface area contributed by atoms with E-state index in [9.17, 15) is 18.8 Å². The molecule has 1 saturated heterocycles. The van der Waals surface area contributed by atoms with Crippen molar-refractivity contribution in [1.82, 2.24) is 15.8 Å². The Kier molecular flexibility index (Phi) is 5.46. The molecular weight excluding hydrogens is 351 g/mol. The van der Waals surface area contributed by atoms with Crippen LogP contribution in [0.5, 0.6) is 0 Å². The Morgan fingerprint density at radius 2 is 2.07 bits per heavy atom. The highest BCUT2D eigenvalue weighted by molar-refractivity contribution is 6.08. The number of hydrogen-bond donors (Lipinski definition) is 3. The molecule has 1 aliphatic heterocycles. The van der Waals surface area contributed by atoms with Crippen LogP contribution >= 0.6 is 0 Å². The largest absolute Gasteiger partial charge is 0.344 e. The minimum atomic E-state index is -0.878. The average molecular weight is 377 g/mol. The van der Waals surface area contributed by atoms with Crippen molar-refractivity contribution in [3.05, 3.63) is 35.6 Å². The Morgan fingerprint density at radius 1 is 1.37 bits per heavy atom. The van der Waals surface area contributed by atoms with Crippen LogP contribution in [0.15, 0.2) is 24.3 Å². The highest BCUT2D eigenvalue weighted by Crippen LogP contribution is 2.35. The first-order valence-corrected chi connectivity index (χ1v) is 9.31. The first kappa shape index (κ1) is 19.3. The van der Waals surface area contributed by atoms with Crippen LogP contribution < -0.4 is 15.6 Å². The van der Waals surface area contributed by atoms with E-state index in [4.69, 9.17) is 0 Å². The molecule has 1 aliphatic carbocycles. The third kappa shape index (κ3) is 4.27. The molecule has 1 atom stereocenters. The molecule has 3 rings (SSSR count). The summed E-state index contributed by atoms with van der Waals surface area (Å²) >= 11 is 0. The van der Waals surface area contributed by atoms with Gasteiger partial charge in [-0.15, -0.1) is 0 Å². The van der Waals surface area contributed by atoms with Gasteiger partial charge in [-0.1, -0.05) is 19.1 Å². The fourth-order valence-corrected chi connectivity index (χ4v) is 3.81. The SMILES string of the molecule is CC1CCC2(CC1)NC(=O)N(NC(=O)C[NH+](C)Cc1cccc(F)c1)C2=O. The van der Waals surface area contributed by atoms with Gasteiger partial charge in [0.05, 0.1) is 7.05 Å². The second-order valence-electron chi connectivity index (χ2n) is 7.81. The summed E-state index contributed by atoms with van der Waals surface area (Å²) in [6.07, 6.45) is 2.92. The molecule has 0 bridgehead atoms. The van der Waals surface area contributed by atoms with Crippen molar-refractivity contribution >= 4 is 17.8 Å². The summed E-state index contributed by atoms with van der Waals surface area (Å²) in [5.74, 6) is -0.607. The molecule has 2 aliphatic rings. The van der Waals surface area contributed by atoms with Gasteiger partial charge < -0.3 is 10.2 Å². The van der Waals surface area contributed by atoms with Crippen LogP contribution in [0, 0.1) is 11.7 Å². The van der Waals surface area contributed by atoms with Crippen LogP contribution in [-0.2, 0) is 16.1 Å². The highest BCUT2D eigenvalue weighted by Gasteiger charge is 2.52. The summed E-state index contributed by atoms with van der Waals surface area (Å²) < 4.78 is 13.3. The highest BCUT2D eigenvalue weighted by atomic mass is 19.1. The Bertz CT molecular complexity index is 746. The van der Waals surface area contributed by atoms with Gasteiger partial charge in [0.2, 0.25) is 0 Å². The standard InChI is InChI=1S/C19H25FN4O3/c1-13-6-8-19(9-7-13)17(26)24(18(27)21-19)22-16(25)12-23(2)11-14-4-3-5-15(20)10-14/h3-5,10,13H,6-9,11-12H2,1-2H3,(H,21,27)(H,22,25)/p+1. The van der Waals surface area contributed by atoms with E-state index in [0.717, 1.165) is 28.3 Å². The average Bonchev–Trinajstić information content (AvgIpc) is 2.82. The fraction of sp³-hybridized carbons (Fsp3) is 0.526. The molecule has 7 nitrogen and oxygen atoms in total. The number of imide groups is 1. The third-order valence-electron chi connectivity index (χ3n) is 5.38. The molecular formula is C19H26FN4O3+. The van der Waals surface area contributed by atoms with Crippen molar-refractivity contribution in [2.24, 2.45) is 5.92 Å². The second kappa shape index (κ2) is 7.64. The van der Waals surface area contributed by atoms with Crippen LogP contribution in [-0.4, -0.2) is 42.0 Å². The minimum absolute atomic E-state index is 0.0532. The summed E-state index contributed by atoms with van der Waals surface area (Å²) in [4.78, 5) is 38.1. The van der Waals surface area contributed by atoms with E-state index in [2.05, 4.69) is 17.7 Å². The number of carbonyl (C=O) groups excluding carboxylic acids is 3. The Hall–Kier alpha value is -2.48. The fourth-order valence-electron chi connectivity index (χ4n) is 3.81. The van der Waals surface area contributed by atoms with Crippen LogP contribution in [0.4, 0.5) is 9.18 Å². The number of hydrogen-bond acceptors (Lipinski definition) is 3. The van der Waals surface area contributed by atoms with Gasteiger partial charge in [-0.05, 0) is 43.7 Å². The molecule has 146 valence electrons. The Morgan fingerprint density at radius 3 is 2.74 bits per heavy atom. The number of benzene rings is 1. The third-order valence-corrected chi connectivity index (χ3v) is 5.38. The summed E-state index contributed by atoms with van der Waals surface area (Å²) in [6, 6.07) is 5.62. The number of likely N-dealkylation sites (N-methyl/N-ethyl adjacent to an activating group) is 1. The maximum atomic E-state index is 13.3. The lowest BCUT2D eigenvalue weighted by Crippen LogP contribution is -3.09. The van der Waals surface area contributed by atoms with Crippen molar-refractivity contribution in [3.8, 4) is 0 Å².